The molecule has 0 saturated heterocycles. The van der Waals surface area contributed by atoms with Crippen molar-refractivity contribution in [2.24, 2.45) is 0 Å². The molecule has 0 aliphatic carbocycles. The van der Waals surface area contributed by atoms with Gasteiger partial charge in [0.2, 0.25) is 0 Å². The molecule has 0 unspecified atom stereocenters. The fourth-order valence-corrected chi connectivity index (χ4v) is 0.0676. The van der Waals surface area contributed by atoms with E-state index in [1.165, 1.54) is 0 Å². The Morgan fingerprint density at radius 1 is 1.62 bits per heavy atom. The molecule has 0 spiro atoms. The lowest BCUT2D eigenvalue weighted by Crippen LogP contribution is -2.01. The highest BCUT2D eigenvalue weighted by molar-refractivity contribution is 5.85. The molecule has 0 radical (unpaired) electrons. The first-order valence-corrected chi connectivity index (χ1v) is 1.70. The highest BCUT2D eigenvalue weighted by Crippen LogP contribution is 1.83. The second-order valence-electron chi connectivity index (χ2n) is 1.07. The number of carboxylic acids is 1. The Labute approximate surface area is 57.8 Å². The predicted molar refractivity (Wildman–Crippen MR) is 33.8 cm³/mol. The molecule has 0 amide bonds. The molecule has 46 valence electrons. The molecule has 3 nitrogen and oxygen atoms in total. The second kappa shape index (κ2) is 4.85. The van der Waals surface area contributed by atoms with Crippen LogP contribution in [0.2, 0.25) is 0 Å². The van der Waals surface area contributed by atoms with Gasteiger partial charge < -0.3 is 10.2 Å². The van der Waals surface area contributed by atoms with Crippen LogP contribution >= 0.6 is 0 Å². The third-order valence-corrected chi connectivity index (χ3v) is 0.493. The monoisotopic (exact) mass is 132 g/mol. The number of hydrogen-bond donors (Lipinski definition) is 2. The molecular weight excluding hydrogens is 123 g/mol. The van der Waals surface area contributed by atoms with Crippen molar-refractivity contribution in [2.75, 3.05) is 6.61 Å². The van der Waals surface area contributed by atoms with E-state index in [9.17, 15) is 4.79 Å². The first kappa shape index (κ1) is 10.6. The molecule has 0 rings (SSSR count). The molecule has 8 heavy (non-hydrogen) atoms. The molecule has 2 N–H and O–H groups in total. The molecule has 0 aromatic rings. The lowest BCUT2D eigenvalue weighted by molar-refractivity contribution is -0.133. The summed E-state index contributed by atoms with van der Waals surface area (Å²) in [5, 5.41) is 15.9. The average molecular weight is 132 g/mol. The highest BCUT2D eigenvalue weighted by atomic mass is 27.0. The zero-order chi connectivity index (χ0) is 5.86. The Morgan fingerprint density at radius 2 is 2.00 bits per heavy atom. The summed E-state index contributed by atoms with van der Waals surface area (Å²) >= 11 is 0. The van der Waals surface area contributed by atoms with Crippen LogP contribution in [0.4, 0.5) is 0 Å². The first-order chi connectivity index (χ1) is 3.18. The van der Waals surface area contributed by atoms with E-state index in [1.807, 2.05) is 0 Å². The lowest BCUT2D eigenvalue weighted by atomic mass is 10.3. The van der Waals surface area contributed by atoms with Crippen LogP contribution in [0, 0.1) is 0 Å². The number of hydrogen-bond acceptors (Lipinski definition) is 2. The second-order valence-corrected chi connectivity index (χ2v) is 1.07. The number of aliphatic carboxylic acids is 1. The highest BCUT2D eigenvalue weighted by Gasteiger charge is 1.97. The Hall–Kier alpha value is -0.298. The molecule has 0 heterocycles. The van der Waals surface area contributed by atoms with Crippen molar-refractivity contribution in [1.82, 2.24) is 0 Å². The summed E-state index contributed by atoms with van der Waals surface area (Å²) < 4.78 is 0. The van der Waals surface area contributed by atoms with Gasteiger partial charge in [0.1, 0.15) is 0 Å². The van der Waals surface area contributed by atoms with E-state index in [1.54, 1.807) is 0 Å². The maximum atomic E-state index is 9.67. The van der Waals surface area contributed by atoms with Crippen LogP contribution in [0.15, 0.2) is 12.2 Å². The van der Waals surface area contributed by atoms with Gasteiger partial charge in [0.15, 0.2) is 17.4 Å². The number of rotatable bonds is 2. The van der Waals surface area contributed by atoms with Gasteiger partial charge in [-0.25, -0.2) is 4.79 Å². The number of carboxylic acid groups (broad SMARTS) is 1. The van der Waals surface area contributed by atoms with Crippen molar-refractivity contribution in [2.45, 2.75) is 0 Å². The van der Waals surface area contributed by atoms with E-state index in [4.69, 9.17) is 10.2 Å². The Balaban J connectivity index is 0. The Bertz CT molecular complexity index is 99.5. The fraction of sp³-hybridized carbons (Fsp3) is 0.250. The lowest BCUT2D eigenvalue weighted by Gasteiger charge is -1.87. The van der Waals surface area contributed by atoms with Gasteiger partial charge in [0.05, 0.1) is 12.2 Å². The minimum Gasteiger partial charge on any atom is -0.478 e. The molecule has 0 aliphatic rings. The molecule has 0 bridgehead atoms. The third kappa shape index (κ3) is 3.88. The van der Waals surface area contributed by atoms with Gasteiger partial charge in [-0.2, -0.15) is 0 Å². The summed E-state index contributed by atoms with van der Waals surface area (Å²) in [6.07, 6.45) is 0. The van der Waals surface area contributed by atoms with Gasteiger partial charge in [0, 0.05) is 0 Å². The largest absolute Gasteiger partial charge is 0.478 e. The van der Waals surface area contributed by atoms with Crippen molar-refractivity contribution in [1.29, 1.82) is 0 Å². The summed E-state index contributed by atoms with van der Waals surface area (Å²) in [7, 11) is 0. The number of aliphatic hydroxyl groups is 1. The number of aliphatic hydroxyl groups excluding tert-OH is 1. The van der Waals surface area contributed by atoms with Crippen molar-refractivity contribution < 1.29 is 15.0 Å². The maximum absolute atomic E-state index is 9.67. The van der Waals surface area contributed by atoms with E-state index in [-0.39, 0.29) is 22.9 Å². The molecule has 0 saturated carbocycles. The predicted octanol–water partition coefficient (Wildman–Crippen LogP) is -1.56. The van der Waals surface area contributed by atoms with Gasteiger partial charge in [-0.15, -0.1) is 0 Å². The molecule has 0 atom stereocenters. The van der Waals surface area contributed by atoms with E-state index >= 15 is 0 Å². The molecule has 0 aromatic carbocycles. The third-order valence-electron chi connectivity index (χ3n) is 0.493. The smallest absolute Gasteiger partial charge is 0.333 e. The summed E-state index contributed by atoms with van der Waals surface area (Å²) in [5.74, 6) is -1.15. The van der Waals surface area contributed by atoms with Gasteiger partial charge >= 0.3 is 5.97 Å². The van der Waals surface area contributed by atoms with Crippen LogP contribution in [0.1, 0.15) is 0 Å². The zero-order valence-electron chi connectivity index (χ0n) is 3.72. The van der Waals surface area contributed by atoms with E-state index in [2.05, 4.69) is 6.58 Å². The van der Waals surface area contributed by atoms with Crippen molar-refractivity contribution in [3.05, 3.63) is 12.2 Å². The van der Waals surface area contributed by atoms with Gasteiger partial charge in [-0.05, 0) is 0 Å². The zero-order valence-corrected chi connectivity index (χ0v) is 3.72. The minimum absolute atomic E-state index is 0. The van der Waals surface area contributed by atoms with Crippen LogP contribution in [-0.2, 0) is 4.79 Å². The van der Waals surface area contributed by atoms with Crippen LogP contribution in [-0.4, -0.2) is 40.2 Å². The average Bonchev–Trinajstić information content (AvgIpc) is 1.65. The van der Waals surface area contributed by atoms with Gasteiger partial charge in [-0.3, -0.25) is 0 Å². The fourth-order valence-electron chi connectivity index (χ4n) is 0.0676. The van der Waals surface area contributed by atoms with E-state index in [0.717, 1.165) is 0 Å². The minimum atomic E-state index is -1.15. The Morgan fingerprint density at radius 3 is 2.00 bits per heavy atom. The molecule has 4 heteroatoms. The topological polar surface area (TPSA) is 57.5 Å². The van der Waals surface area contributed by atoms with Crippen molar-refractivity contribution in [3.63, 3.8) is 0 Å². The molecule has 0 fully saturated rings. The standard InChI is InChI=1S/C4H6O3.Al.3H/c1-3(2-5)4(6)7;;;;/h5H,1-2H2,(H,6,7);;;;. The summed E-state index contributed by atoms with van der Waals surface area (Å²) in [4.78, 5) is 9.67. The van der Waals surface area contributed by atoms with E-state index < -0.39 is 12.6 Å². The number of carbonyl (C=O) groups is 1. The van der Waals surface area contributed by atoms with Crippen molar-refractivity contribution >= 4 is 23.3 Å². The molecule has 0 aliphatic heterocycles. The molecule has 0 aromatic heterocycles. The maximum Gasteiger partial charge on any atom is 0.333 e. The van der Waals surface area contributed by atoms with E-state index in [0.29, 0.717) is 0 Å². The van der Waals surface area contributed by atoms with Crippen LogP contribution in [0.5, 0.6) is 0 Å². The SMILES string of the molecule is C=C(CO)C(=O)O.[AlH3]. The summed E-state index contributed by atoms with van der Waals surface area (Å²) in [6, 6.07) is 0. The normalized spacial score (nSPS) is 7.12. The summed E-state index contributed by atoms with van der Waals surface area (Å²) in [6.45, 7) is 2.55. The van der Waals surface area contributed by atoms with Crippen molar-refractivity contribution in [3.8, 4) is 0 Å². The van der Waals surface area contributed by atoms with Crippen LogP contribution < -0.4 is 0 Å². The quantitative estimate of drug-likeness (QED) is 0.352. The van der Waals surface area contributed by atoms with Gasteiger partial charge in [0.25, 0.3) is 0 Å². The van der Waals surface area contributed by atoms with Gasteiger partial charge in [-0.1, -0.05) is 6.58 Å². The Kier molecular flexibility index (Phi) is 6.45. The van der Waals surface area contributed by atoms with Crippen LogP contribution in [0.25, 0.3) is 0 Å². The van der Waals surface area contributed by atoms with Crippen LogP contribution in [0.3, 0.4) is 0 Å². The first-order valence-electron chi connectivity index (χ1n) is 1.70. The summed E-state index contributed by atoms with van der Waals surface area (Å²) in [5.41, 5.74) is -0.181. The molecular formula is C4H9AlO3.